The van der Waals surface area contributed by atoms with Gasteiger partial charge in [0.25, 0.3) is 5.91 Å². The molecule has 132 valence electrons. The number of rotatable bonds is 2. The number of carbonyl (C=O) groups excluding carboxylic acids is 1. The molecule has 0 aromatic heterocycles. The molecular formula is C18H25IN2O3. The second-order valence-electron chi connectivity index (χ2n) is 6.96. The molecule has 0 saturated carbocycles. The molecule has 1 saturated heterocycles. The summed E-state index contributed by atoms with van der Waals surface area (Å²) in [6.07, 6.45) is 4.48. The van der Waals surface area contributed by atoms with E-state index < -0.39 is 5.54 Å². The van der Waals surface area contributed by atoms with E-state index in [0.29, 0.717) is 35.4 Å². The lowest BCUT2D eigenvalue weighted by Crippen LogP contribution is -2.53. The van der Waals surface area contributed by atoms with Crippen LogP contribution in [0.1, 0.15) is 33.1 Å². The maximum Gasteiger partial charge on any atom is 0.258 e. The van der Waals surface area contributed by atoms with Crippen molar-refractivity contribution in [1.29, 1.82) is 0 Å². The maximum absolute atomic E-state index is 13.0. The first kappa shape index (κ1) is 17.9. The molecule has 1 unspecified atom stereocenters. The van der Waals surface area contributed by atoms with Crippen molar-refractivity contribution < 1.29 is 14.7 Å². The topological polar surface area (TPSA) is 53.0 Å². The molecule has 6 heteroatoms. The Morgan fingerprint density at radius 2 is 1.92 bits per heavy atom. The molecule has 1 fully saturated rings. The third kappa shape index (κ3) is 2.63. The van der Waals surface area contributed by atoms with E-state index in [9.17, 15) is 9.90 Å². The van der Waals surface area contributed by atoms with Gasteiger partial charge in [0.2, 0.25) is 0 Å². The fourth-order valence-electron chi connectivity index (χ4n) is 4.25. The molecule has 0 aromatic rings. The number of piperidine rings is 1. The van der Waals surface area contributed by atoms with E-state index >= 15 is 0 Å². The Bertz CT molecular complexity index is 657. The normalized spacial score (nSPS) is 28.2. The largest absolute Gasteiger partial charge is 0.509 e. The van der Waals surface area contributed by atoms with Crippen LogP contribution in [0.4, 0.5) is 0 Å². The quantitative estimate of drug-likeness (QED) is 0.526. The minimum absolute atomic E-state index is 0.0626. The number of allylic oxidation sites excluding steroid dienone is 3. The Morgan fingerprint density at radius 3 is 2.46 bits per heavy atom. The van der Waals surface area contributed by atoms with Crippen molar-refractivity contribution in [3.05, 3.63) is 34.1 Å². The lowest BCUT2D eigenvalue weighted by Gasteiger charge is -2.42. The third-order valence-electron chi connectivity index (χ3n) is 5.65. The number of carbonyl (C=O) groups is 1. The number of aliphatic hydroxyl groups excluding tert-OH is 1. The Balaban J connectivity index is 2.04. The molecule has 1 atom stereocenters. The monoisotopic (exact) mass is 444 g/mol. The summed E-state index contributed by atoms with van der Waals surface area (Å²) < 4.78 is 0.447. The van der Waals surface area contributed by atoms with Gasteiger partial charge in [-0.2, -0.15) is 5.06 Å². The van der Waals surface area contributed by atoms with Crippen LogP contribution < -0.4 is 0 Å². The molecule has 1 N–H and O–H groups in total. The molecule has 5 nitrogen and oxygen atoms in total. The molecule has 1 aliphatic carbocycles. The highest BCUT2D eigenvalue weighted by Crippen LogP contribution is 2.46. The van der Waals surface area contributed by atoms with Gasteiger partial charge in [0.05, 0.1) is 12.7 Å². The minimum Gasteiger partial charge on any atom is -0.509 e. The van der Waals surface area contributed by atoms with Crippen molar-refractivity contribution in [2.24, 2.45) is 0 Å². The molecule has 1 amide bonds. The number of amides is 1. The highest BCUT2D eigenvalue weighted by molar-refractivity contribution is 14.1. The van der Waals surface area contributed by atoms with Crippen LogP contribution in [0.25, 0.3) is 0 Å². The first-order chi connectivity index (χ1) is 11.3. The fraction of sp³-hybridized carbons (Fsp3) is 0.611. The standard InChI is InChI=1S/C18H25IN2O3/c1-11-9-13(19)10-12(2)14(11)15-16(22)18(20(3)17(15)23)5-7-21(24-4)8-6-18/h9,13,22H,5-8,10H2,1-4H3. The predicted octanol–water partition coefficient (Wildman–Crippen LogP) is 3.14. The summed E-state index contributed by atoms with van der Waals surface area (Å²) in [4.78, 5) is 20.0. The van der Waals surface area contributed by atoms with Gasteiger partial charge in [-0.3, -0.25) is 4.79 Å². The number of hydrogen-bond donors (Lipinski definition) is 1. The number of hydroxylamine groups is 2. The summed E-state index contributed by atoms with van der Waals surface area (Å²) >= 11 is 2.41. The van der Waals surface area contributed by atoms with Crippen LogP contribution >= 0.6 is 22.6 Å². The number of likely N-dealkylation sites (N-methyl/N-ethyl adjacent to an activating group) is 1. The van der Waals surface area contributed by atoms with Crippen LogP contribution in [0.5, 0.6) is 0 Å². The minimum atomic E-state index is -0.587. The van der Waals surface area contributed by atoms with Gasteiger partial charge in [-0.1, -0.05) is 34.2 Å². The summed E-state index contributed by atoms with van der Waals surface area (Å²) in [6, 6.07) is 0. The average Bonchev–Trinajstić information content (AvgIpc) is 2.71. The average molecular weight is 444 g/mol. The van der Waals surface area contributed by atoms with Gasteiger partial charge >= 0.3 is 0 Å². The number of hydrogen-bond acceptors (Lipinski definition) is 4. The Morgan fingerprint density at radius 1 is 1.29 bits per heavy atom. The third-order valence-corrected chi connectivity index (χ3v) is 6.45. The number of alkyl halides is 1. The van der Waals surface area contributed by atoms with E-state index in [1.165, 1.54) is 5.57 Å². The van der Waals surface area contributed by atoms with Gasteiger partial charge in [0, 0.05) is 24.1 Å². The van der Waals surface area contributed by atoms with Crippen molar-refractivity contribution >= 4 is 28.5 Å². The van der Waals surface area contributed by atoms with Gasteiger partial charge in [-0.15, -0.1) is 0 Å². The highest BCUT2D eigenvalue weighted by Gasteiger charge is 2.52. The summed E-state index contributed by atoms with van der Waals surface area (Å²) in [7, 11) is 3.47. The van der Waals surface area contributed by atoms with Crippen LogP contribution in [-0.4, -0.2) is 57.7 Å². The highest BCUT2D eigenvalue weighted by atomic mass is 127. The molecular weight excluding hydrogens is 419 g/mol. The first-order valence-electron chi connectivity index (χ1n) is 8.35. The summed E-state index contributed by atoms with van der Waals surface area (Å²) in [6.45, 7) is 5.52. The smallest absolute Gasteiger partial charge is 0.258 e. The van der Waals surface area contributed by atoms with E-state index in [1.807, 2.05) is 19.0 Å². The SMILES string of the molecule is CON1CCC2(CC1)C(O)=C(C1=C(C)CC(I)C=C1C)C(=O)N2C. The molecule has 2 aliphatic heterocycles. The Kier molecular flexibility index (Phi) is 4.83. The van der Waals surface area contributed by atoms with Crippen molar-refractivity contribution in [2.75, 3.05) is 27.2 Å². The van der Waals surface area contributed by atoms with Crippen LogP contribution in [0, 0.1) is 0 Å². The van der Waals surface area contributed by atoms with E-state index in [-0.39, 0.29) is 11.7 Å². The van der Waals surface area contributed by atoms with Crippen molar-refractivity contribution in [3.63, 3.8) is 0 Å². The summed E-state index contributed by atoms with van der Waals surface area (Å²) in [5.74, 6) is 0.187. The lowest BCUT2D eigenvalue weighted by atomic mass is 9.82. The Hall–Kier alpha value is -0.860. The van der Waals surface area contributed by atoms with Crippen LogP contribution in [0.15, 0.2) is 34.1 Å². The van der Waals surface area contributed by atoms with Crippen molar-refractivity contribution in [1.82, 2.24) is 9.96 Å². The van der Waals surface area contributed by atoms with Gasteiger partial charge in [0.1, 0.15) is 11.3 Å². The first-order valence-corrected chi connectivity index (χ1v) is 9.60. The molecule has 0 aromatic carbocycles. The van der Waals surface area contributed by atoms with Gasteiger partial charge in [-0.05, 0) is 44.3 Å². The van der Waals surface area contributed by atoms with Crippen LogP contribution in [-0.2, 0) is 9.63 Å². The zero-order chi connectivity index (χ0) is 17.6. The van der Waals surface area contributed by atoms with E-state index in [4.69, 9.17) is 4.84 Å². The second kappa shape index (κ2) is 6.46. The van der Waals surface area contributed by atoms with Crippen molar-refractivity contribution in [3.8, 4) is 0 Å². The van der Waals surface area contributed by atoms with E-state index in [2.05, 4.69) is 35.6 Å². The number of halogens is 1. The Labute approximate surface area is 157 Å². The van der Waals surface area contributed by atoms with Gasteiger partial charge < -0.3 is 14.8 Å². The fourth-order valence-corrected chi connectivity index (χ4v) is 5.45. The van der Waals surface area contributed by atoms with Crippen LogP contribution in [0.2, 0.25) is 0 Å². The molecule has 3 aliphatic rings. The molecule has 24 heavy (non-hydrogen) atoms. The lowest BCUT2D eigenvalue weighted by molar-refractivity contribution is -0.162. The molecule has 2 heterocycles. The molecule has 0 bridgehead atoms. The molecule has 1 spiro atoms. The maximum atomic E-state index is 13.0. The number of aliphatic hydroxyl groups is 1. The number of nitrogens with zero attached hydrogens (tertiary/aromatic N) is 2. The summed E-state index contributed by atoms with van der Waals surface area (Å²) in [5, 5.41) is 13.0. The molecule has 3 rings (SSSR count). The zero-order valence-corrected chi connectivity index (χ0v) is 16.9. The predicted molar refractivity (Wildman–Crippen MR) is 102 cm³/mol. The van der Waals surface area contributed by atoms with Gasteiger partial charge in [0.15, 0.2) is 0 Å². The zero-order valence-electron chi connectivity index (χ0n) is 14.7. The molecule has 0 radical (unpaired) electrons. The van der Waals surface area contributed by atoms with Crippen molar-refractivity contribution in [2.45, 2.75) is 42.6 Å². The van der Waals surface area contributed by atoms with E-state index in [0.717, 1.165) is 17.6 Å². The second-order valence-corrected chi connectivity index (χ2v) is 8.56. The summed E-state index contributed by atoms with van der Waals surface area (Å²) in [5.41, 5.74) is 3.15. The van der Waals surface area contributed by atoms with Gasteiger partial charge in [-0.25, -0.2) is 0 Å². The van der Waals surface area contributed by atoms with E-state index in [1.54, 1.807) is 12.0 Å². The van der Waals surface area contributed by atoms with Crippen LogP contribution in [0.3, 0.4) is 0 Å².